The molecule has 2 aliphatic heterocycles. The summed E-state index contributed by atoms with van der Waals surface area (Å²) in [5.74, 6) is -0.129. The van der Waals surface area contributed by atoms with Gasteiger partial charge in [0.05, 0.1) is 34.4 Å². The number of sulfone groups is 1. The minimum absolute atomic E-state index is 0.0138. The molecule has 4 rings (SSSR count). The minimum Gasteiger partial charge on any atom is -0.491 e. The Labute approximate surface area is 190 Å². The van der Waals surface area contributed by atoms with E-state index in [0.717, 1.165) is 18.5 Å². The van der Waals surface area contributed by atoms with Crippen LogP contribution in [0.15, 0.2) is 40.6 Å². The molecule has 7 nitrogen and oxygen atoms in total. The Hall–Kier alpha value is -2.10. The molecule has 10 heteroatoms. The lowest BCUT2D eigenvalue weighted by Crippen LogP contribution is -2.38. The molecule has 0 atom stereocenters. The molecule has 0 aliphatic carbocycles. The summed E-state index contributed by atoms with van der Waals surface area (Å²) in [7, 11) is -3.62. The molecule has 0 radical (unpaired) electrons. The number of benzene rings is 2. The number of amides is 1. The third kappa shape index (κ3) is 4.88. The van der Waals surface area contributed by atoms with Crippen LogP contribution in [0.3, 0.4) is 0 Å². The van der Waals surface area contributed by atoms with Gasteiger partial charge in [-0.15, -0.1) is 0 Å². The number of carbonyl (C=O) groups is 1. The zero-order chi connectivity index (χ0) is 22.0. The normalized spacial score (nSPS) is 17.4. The molecule has 0 unspecified atom stereocenters. The molecule has 1 saturated heterocycles. The smallest absolute Gasteiger partial charge is 0.259 e. The molecule has 2 heterocycles. The summed E-state index contributed by atoms with van der Waals surface area (Å²) >= 11 is 12.4. The Bertz CT molecular complexity index is 1140. The van der Waals surface area contributed by atoms with Crippen molar-refractivity contribution < 1.29 is 22.7 Å². The van der Waals surface area contributed by atoms with Gasteiger partial charge in [0, 0.05) is 30.1 Å². The van der Waals surface area contributed by atoms with Crippen LogP contribution in [-0.2, 0) is 14.6 Å². The Balaban J connectivity index is 1.51. The maximum Gasteiger partial charge on any atom is 0.259 e. The fraction of sp³-hybridized carbons (Fsp3) is 0.286. The SMILES string of the molecule is O=C(Nc1ccc2c(c1Cl)S(=O)(=O)C=C2)c1cc(Cl)ccc1OCCN1CCOCC1. The Morgan fingerprint density at radius 3 is 2.71 bits per heavy atom. The van der Waals surface area contributed by atoms with E-state index < -0.39 is 15.7 Å². The van der Waals surface area contributed by atoms with Crippen LogP contribution in [0.2, 0.25) is 10.0 Å². The zero-order valence-corrected chi connectivity index (χ0v) is 18.8. The van der Waals surface area contributed by atoms with Gasteiger partial charge in [0.25, 0.3) is 5.91 Å². The summed E-state index contributed by atoms with van der Waals surface area (Å²) in [4.78, 5) is 15.2. The standard InChI is InChI=1S/C21H20Cl2N2O5S/c22-15-2-4-18(30-11-8-25-6-9-29-10-7-25)16(13-15)21(26)24-17-3-1-14-5-12-31(27,28)20(14)19(17)23/h1-5,12-13H,6-11H2,(H,24,26). The number of morpholine rings is 1. The molecule has 0 spiro atoms. The highest BCUT2D eigenvalue weighted by Crippen LogP contribution is 2.38. The molecule has 2 aromatic rings. The van der Waals surface area contributed by atoms with Crippen molar-refractivity contribution in [1.29, 1.82) is 0 Å². The van der Waals surface area contributed by atoms with Gasteiger partial charge in [-0.3, -0.25) is 9.69 Å². The molecule has 2 aromatic carbocycles. The zero-order valence-electron chi connectivity index (χ0n) is 16.4. The molecular formula is C21H20Cl2N2O5S. The van der Waals surface area contributed by atoms with Crippen molar-refractivity contribution in [2.45, 2.75) is 4.90 Å². The van der Waals surface area contributed by atoms with E-state index in [1.165, 1.54) is 12.1 Å². The van der Waals surface area contributed by atoms with Gasteiger partial charge in [-0.25, -0.2) is 8.42 Å². The third-order valence-electron chi connectivity index (χ3n) is 5.04. The van der Waals surface area contributed by atoms with E-state index in [9.17, 15) is 13.2 Å². The summed E-state index contributed by atoms with van der Waals surface area (Å²) in [5, 5.41) is 4.10. The average molecular weight is 483 g/mol. The van der Waals surface area contributed by atoms with Crippen LogP contribution in [0.1, 0.15) is 15.9 Å². The molecular weight excluding hydrogens is 463 g/mol. The van der Waals surface area contributed by atoms with Crippen molar-refractivity contribution in [2.75, 3.05) is 44.8 Å². The van der Waals surface area contributed by atoms with Crippen LogP contribution < -0.4 is 10.1 Å². The second kappa shape index (κ2) is 9.18. The first-order chi connectivity index (χ1) is 14.8. The topological polar surface area (TPSA) is 84.9 Å². The minimum atomic E-state index is -3.62. The first-order valence-corrected chi connectivity index (χ1v) is 11.9. The number of hydrogen-bond acceptors (Lipinski definition) is 6. The molecule has 0 aromatic heterocycles. The Morgan fingerprint density at radius 2 is 1.94 bits per heavy atom. The number of halogens is 2. The summed E-state index contributed by atoms with van der Waals surface area (Å²) in [6.45, 7) is 4.17. The second-order valence-corrected chi connectivity index (χ2v) is 9.68. The number of nitrogens with zero attached hydrogens (tertiary/aromatic N) is 1. The predicted molar refractivity (Wildman–Crippen MR) is 120 cm³/mol. The van der Waals surface area contributed by atoms with Crippen LogP contribution >= 0.6 is 23.2 Å². The largest absolute Gasteiger partial charge is 0.491 e. The van der Waals surface area contributed by atoms with Crippen molar-refractivity contribution in [1.82, 2.24) is 4.90 Å². The lowest BCUT2D eigenvalue weighted by Gasteiger charge is -2.26. The molecule has 2 aliphatic rings. The number of rotatable bonds is 6. The molecule has 1 fully saturated rings. The molecule has 0 bridgehead atoms. The molecule has 0 saturated carbocycles. The van der Waals surface area contributed by atoms with Gasteiger partial charge in [-0.2, -0.15) is 0 Å². The highest BCUT2D eigenvalue weighted by atomic mass is 35.5. The van der Waals surface area contributed by atoms with Crippen LogP contribution in [0.4, 0.5) is 5.69 Å². The molecule has 164 valence electrons. The van der Waals surface area contributed by atoms with Crippen molar-refractivity contribution in [3.8, 4) is 5.75 Å². The summed E-state index contributed by atoms with van der Waals surface area (Å²) in [6.07, 6.45) is 1.47. The first-order valence-electron chi connectivity index (χ1n) is 9.64. The fourth-order valence-corrected chi connectivity index (χ4v) is 5.42. The van der Waals surface area contributed by atoms with Crippen LogP contribution in [0, 0.1) is 0 Å². The monoisotopic (exact) mass is 482 g/mol. The lowest BCUT2D eigenvalue weighted by molar-refractivity contribution is 0.0322. The number of carbonyl (C=O) groups excluding carboxylic acids is 1. The van der Waals surface area contributed by atoms with Crippen molar-refractivity contribution in [3.63, 3.8) is 0 Å². The van der Waals surface area contributed by atoms with Crippen molar-refractivity contribution >= 4 is 50.7 Å². The third-order valence-corrected chi connectivity index (χ3v) is 7.29. The number of hydrogen-bond donors (Lipinski definition) is 1. The number of nitrogens with one attached hydrogen (secondary N) is 1. The van der Waals surface area contributed by atoms with Gasteiger partial charge in [-0.1, -0.05) is 29.3 Å². The van der Waals surface area contributed by atoms with Crippen molar-refractivity contribution in [3.05, 3.63) is 56.9 Å². The Morgan fingerprint density at radius 1 is 1.16 bits per heavy atom. The average Bonchev–Trinajstić information content (AvgIpc) is 3.07. The molecule has 31 heavy (non-hydrogen) atoms. The summed E-state index contributed by atoms with van der Waals surface area (Å²) in [5.41, 5.74) is 0.904. The second-order valence-electron chi connectivity index (χ2n) is 7.09. The van der Waals surface area contributed by atoms with Gasteiger partial charge in [0.15, 0.2) is 0 Å². The van der Waals surface area contributed by atoms with E-state index in [1.54, 1.807) is 24.3 Å². The van der Waals surface area contributed by atoms with E-state index in [2.05, 4.69) is 10.2 Å². The number of ether oxygens (including phenoxy) is 2. The van der Waals surface area contributed by atoms with E-state index in [0.29, 0.717) is 42.7 Å². The maximum atomic E-state index is 13.0. The molecule has 1 amide bonds. The summed E-state index contributed by atoms with van der Waals surface area (Å²) < 4.78 is 35.6. The van der Waals surface area contributed by atoms with Gasteiger partial charge < -0.3 is 14.8 Å². The fourth-order valence-electron chi connectivity index (χ4n) is 3.42. The Kier molecular flexibility index (Phi) is 6.55. The predicted octanol–water partition coefficient (Wildman–Crippen LogP) is 3.71. The number of anilines is 1. The number of fused-ring (bicyclic) bond motifs is 1. The van der Waals surface area contributed by atoms with Gasteiger partial charge in [0.2, 0.25) is 9.84 Å². The first kappa shape index (κ1) is 22.1. The maximum absolute atomic E-state index is 13.0. The van der Waals surface area contributed by atoms with Crippen LogP contribution in [-0.4, -0.2) is 58.7 Å². The van der Waals surface area contributed by atoms with E-state index in [4.69, 9.17) is 32.7 Å². The quantitative estimate of drug-likeness (QED) is 0.675. The van der Waals surface area contributed by atoms with Crippen LogP contribution in [0.25, 0.3) is 6.08 Å². The lowest BCUT2D eigenvalue weighted by atomic mass is 10.1. The summed E-state index contributed by atoms with van der Waals surface area (Å²) in [6, 6.07) is 7.93. The van der Waals surface area contributed by atoms with E-state index >= 15 is 0 Å². The van der Waals surface area contributed by atoms with Gasteiger partial charge in [0.1, 0.15) is 12.4 Å². The highest BCUT2D eigenvalue weighted by molar-refractivity contribution is 7.95. The molecule has 1 N–H and O–H groups in total. The highest BCUT2D eigenvalue weighted by Gasteiger charge is 2.27. The van der Waals surface area contributed by atoms with E-state index in [-0.39, 0.29) is 21.2 Å². The van der Waals surface area contributed by atoms with Crippen molar-refractivity contribution in [2.24, 2.45) is 0 Å². The van der Waals surface area contributed by atoms with Gasteiger partial charge >= 0.3 is 0 Å². The van der Waals surface area contributed by atoms with Crippen LogP contribution in [0.5, 0.6) is 5.75 Å². The van der Waals surface area contributed by atoms with Gasteiger partial charge in [-0.05, 0) is 35.9 Å². The van der Waals surface area contributed by atoms with E-state index in [1.807, 2.05) is 0 Å².